The number of hydrogen-bond donors (Lipinski definition) is 1. The molecular weight excluding hydrogens is 403 g/mol. The monoisotopic (exact) mass is 424 g/mol. The van der Waals surface area contributed by atoms with Crippen molar-refractivity contribution in [2.24, 2.45) is 5.92 Å². The molecule has 2 aliphatic rings. The third kappa shape index (κ3) is 3.46. The summed E-state index contributed by atoms with van der Waals surface area (Å²) >= 11 is 5.92. The molecule has 1 aliphatic heterocycles. The van der Waals surface area contributed by atoms with Crippen LogP contribution in [0.25, 0.3) is 10.9 Å². The van der Waals surface area contributed by atoms with Crippen LogP contribution in [0, 0.1) is 11.7 Å². The lowest BCUT2D eigenvalue weighted by Crippen LogP contribution is -2.59. The predicted molar refractivity (Wildman–Crippen MR) is 115 cm³/mol. The molecule has 1 aromatic heterocycles. The number of benzene rings is 2. The molecule has 0 bridgehead atoms. The quantitative estimate of drug-likeness (QED) is 0.586. The van der Waals surface area contributed by atoms with Crippen molar-refractivity contribution in [3.8, 4) is 0 Å². The largest absolute Gasteiger partial charge is 0.373 e. The number of amides is 1. The van der Waals surface area contributed by atoms with Gasteiger partial charge in [-0.3, -0.25) is 9.78 Å². The van der Waals surface area contributed by atoms with Crippen LogP contribution in [0.3, 0.4) is 0 Å². The highest BCUT2D eigenvalue weighted by Gasteiger charge is 2.53. The number of hydrogen-bond acceptors (Lipinski definition) is 3. The number of rotatable bonds is 3. The molecule has 2 fully saturated rings. The van der Waals surface area contributed by atoms with Crippen LogP contribution in [0.2, 0.25) is 5.02 Å². The van der Waals surface area contributed by atoms with Gasteiger partial charge in [-0.2, -0.15) is 0 Å². The lowest BCUT2D eigenvalue weighted by Gasteiger charge is -2.52. The molecule has 1 spiro atoms. The van der Waals surface area contributed by atoms with Crippen LogP contribution < -0.4 is 5.32 Å². The highest BCUT2D eigenvalue weighted by Crippen LogP contribution is 2.49. The number of ether oxygens (including phenoxy) is 1. The minimum atomic E-state index is -0.388. The molecule has 1 N–H and O–H groups in total. The molecule has 3 aromatic rings. The maximum Gasteiger partial charge on any atom is 0.232 e. The number of fused-ring (bicyclic) bond motifs is 1. The van der Waals surface area contributed by atoms with Crippen molar-refractivity contribution in [2.45, 2.75) is 37.2 Å². The molecule has 1 amide bonds. The van der Waals surface area contributed by atoms with Gasteiger partial charge in [0, 0.05) is 22.3 Å². The molecule has 1 saturated carbocycles. The number of carbonyl (C=O) groups is 1. The topological polar surface area (TPSA) is 51.2 Å². The van der Waals surface area contributed by atoms with E-state index in [0.29, 0.717) is 17.5 Å². The van der Waals surface area contributed by atoms with Crippen molar-refractivity contribution in [2.75, 3.05) is 11.9 Å². The molecule has 1 atom stereocenters. The van der Waals surface area contributed by atoms with Gasteiger partial charge in [0.1, 0.15) is 5.82 Å². The SMILES string of the molecule is O=C(Nc1ccc(Cl)cc1)C1COC12CCC(c1ccnc3ccc(F)cc13)CC2. The van der Waals surface area contributed by atoms with Gasteiger partial charge in [-0.1, -0.05) is 11.6 Å². The van der Waals surface area contributed by atoms with E-state index in [1.165, 1.54) is 6.07 Å². The van der Waals surface area contributed by atoms with E-state index >= 15 is 0 Å². The van der Waals surface area contributed by atoms with E-state index in [9.17, 15) is 9.18 Å². The summed E-state index contributed by atoms with van der Waals surface area (Å²) in [5.74, 6) is -0.0865. The average Bonchev–Trinajstić information content (AvgIpc) is 2.74. The molecule has 30 heavy (non-hydrogen) atoms. The van der Waals surface area contributed by atoms with E-state index in [-0.39, 0.29) is 23.2 Å². The molecule has 0 radical (unpaired) electrons. The number of carbonyl (C=O) groups excluding carboxylic acids is 1. The Kier molecular flexibility index (Phi) is 4.95. The van der Waals surface area contributed by atoms with Crippen molar-refractivity contribution in [3.05, 3.63) is 71.1 Å². The van der Waals surface area contributed by atoms with Gasteiger partial charge < -0.3 is 10.1 Å². The van der Waals surface area contributed by atoms with E-state index in [4.69, 9.17) is 16.3 Å². The first-order valence-corrected chi connectivity index (χ1v) is 10.7. The Balaban J connectivity index is 1.29. The Morgan fingerprint density at radius 2 is 1.90 bits per heavy atom. The summed E-state index contributed by atoms with van der Waals surface area (Å²) in [5.41, 5.74) is 2.30. The molecular formula is C24H22ClFN2O2. The minimum Gasteiger partial charge on any atom is -0.373 e. The Labute approximate surface area is 179 Å². The lowest BCUT2D eigenvalue weighted by molar-refractivity contribution is -0.216. The number of aromatic nitrogens is 1. The van der Waals surface area contributed by atoms with Gasteiger partial charge in [0.25, 0.3) is 0 Å². The van der Waals surface area contributed by atoms with Gasteiger partial charge in [-0.15, -0.1) is 0 Å². The first-order valence-electron chi connectivity index (χ1n) is 10.3. The maximum atomic E-state index is 13.8. The van der Waals surface area contributed by atoms with Crippen molar-refractivity contribution in [1.82, 2.24) is 4.98 Å². The summed E-state index contributed by atoms with van der Waals surface area (Å²) in [7, 11) is 0. The zero-order valence-electron chi connectivity index (χ0n) is 16.4. The van der Waals surface area contributed by atoms with E-state index in [1.54, 1.807) is 42.6 Å². The molecule has 6 heteroatoms. The van der Waals surface area contributed by atoms with E-state index < -0.39 is 0 Å². The van der Waals surface area contributed by atoms with Crippen LogP contribution in [-0.4, -0.2) is 23.1 Å². The summed E-state index contributed by atoms with van der Waals surface area (Å²) in [4.78, 5) is 17.2. The predicted octanol–water partition coefficient (Wildman–Crippen LogP) is 5.71. The van der Waals surface area contributed by atoms with Gasteiger partial charge in [-0.25, -0.2) is 4.39 Å². The zero-order chi connectivity index (χ0) is 20.7. The number of anilines is 1. The van der Waals surface area contributed by atoms with Gasteiger partial charge in [0.2, 0.25) is 5.91 Å². The van der Waals surface area contributed by atoms with Crippen LogP contribution in [0.15, 0.2) is 54.7 Å². The number of nitrogens with one attached hydrogen (secondary N) is 1. The summed E-state index contributed by atoms with van der Waals surface area (Å²) < 4.78 is 19.8. The van der Waals surface area contributed by atoms with Crippen LogP contribution in [0.4, 0.5) is 10.1 Å². The molecule has 1 aliphatic carbocycles. The number of pyridine rings is 1. The van der Waals surface area contributed by atoms with E-state index in [0.717, 1.165) is 47.8 Å². The number of nitrogens with zero attached hydrogens (tertiary/aromatic N) is 1. The van der Waals surface area contributed by atoms with Crippen molar-refractivity contribution in [1.29, 1.82) is 0 Å². The van der Waals surface area contributed by atoms with Crippen LogP contribution in [0.1, 0.15) is 37.2 Å². The minimum absolute atomic E-state index is 0.00143. The molecule has 5 rings (SSSR count). The Bertz CT molecular complexity index is 1090. The van der Waals surface area contributed by atoms with Crippen molar-refractivity contribution in [3.63, 3.8) is 0 Å². The lowest BCUT2D eigenvalue weighted by atomic mass is 9.67. The third-order valence-corrected chi connectivity index (χ3v) is 6.86. The Hall–Kier alpha value is -2.50. The second-order valence-electron chi connectivity index (χ2n) is 8.26. The fourth-order valence-electron chi connectivity index (χ4n) is 4.89. The molecule has 154 valence electrons. The smallest absolute Gasteiger partial charge is 0.232 e. The summed E-state index contributed by atoms with van der Waals surface area (Å²) in [6, 6.07) is 13.9. The number of halogens is 2. The molecule has 2 heterocycles. The summed E-state index contributed by atoms with van der Waals surface area (Å²) in [6.45, 7) is 0.452. The van der Waals surface area contributed by atoms with Gasteiger partial charge >= 0.3 is 0 Å². The highest BCUT2D eigenvalue weighted by atomic mass is 35.5. The highest BCUT2D eigenvalue weighted by molar-refractivity contribution is 6.30. The van der Waals surface area contributed by atoms with Gasteiger partial charge in [0.05, 0.1) is 23.6 Å². The summed E-state index contributed by atoms with van der Waals surface area (Å²) in [5, 5.41) is 4.51. The standard InChI is InChI=1S/C24H22ClFN2O2/c25-16-1-4-18(5-2-16)28-23(29)21-14-30-24(21)10-7-15(8-11-24)19-9-12-27-22-6-3-17(26)13-20(19)22/h1-6,9,12-13,15,21H,7-8,10-11,14H2,(H,28,29). The zero-order valence-corrected chi connectivity index (χ0v) is 17.2. The fourth-order valence-corrected chi connectivity index (χ4v) is 5.01. The van der Waals surface area contributed by atoms with Crippen LogP contribution in [-0.2, 0) is 9.53 Å². The van der Waals surface area contributed by atoms with E-state index in [2.05, 4.69) is 10.3 Å². The van der Waals surface area contributed by atoms with Gasteiger partial charge in [-0.05, 0) is 85.7 Å². The average molecular weight is 425 g/mol. The fraction of sp³-hybridized carbons (Fsp3) is 0.333. The first kappa shape index (κ1) is 19.5. The molecule has 1 saturated heterocycles. The maximum absolute atomic E-state index is 13.8. The molecule has 1 unspecified atom stereocenters. The van der Waals surface area contributed by atoms with Crippen LogP contribution in [0.5, 0.6) is 0 Å². The van der Waals surface area contributed by atoms with Gasteiger partial charge in [0.15, 0.2) is 0 Å². The first-order chi connectivity index (χ1) is 14.5. The second-order valence-corrected chi connectivity index (χ2v) is 8.70. The van der Waals surface area contributed by atoms with Crippen molar-refractivity contribution >= 4 is 34.1 Å². The third-order valence-electron chi connectivity index (χ3n) is 6.61. The van der Waals surface area contributed by atoms with E-state index in [1.807, 2.05) is 6.07 Å². The van der Waals surface area contributed by atoms with Crippen molar-refractivity contribution < 1.29 is 13.9 Å². The second kappa shape index (κ2) is 7.64. The Morgan fingerprint density at radius 1 is 1.13 bits per heavy atom. The molecule has 4 nitrogen and oxygen atoms in total. The molecule has 2 aromatic carbocycles. The normalized spacial score (nSPS) is 25.8. The van der Waals surface area contributed by atoms with Crippen LogP contribution >= 0.6 is 11.6 Å². The Morgan fingerprint density at radius 3 is 2.60 bits per heavy atom. The summed E-state index contributed by atoms with van der Waals surface area (Å²) in [6.07, 6.45) is 5.23.